The maximum absolute atomic E-state index is 14.1. The van der Waals surface area contributed by atoms with Crippen molar-refractivity contribution in [2.45, 2.75) is 59.1 Å². The van der Waals surface area contributed by atoms with Crippen LogP contribution in [0.2, 0.25) is 0 Å². The molecule has 1 saturated carbocycles. The number of nitrogens with one attached hydrogen (secondary N) is 1. The molecular weight excluding hydrogens is 265 g/mol. The molecule has 1 aromatic rings. The third-order valence-electron chi connectivity index (χ3n) is 4.06. The molecular formula is C18H28FNO. The van der Waals surface area contributed by atoms with Crippen LogP contribution >= 0.6 is 0 Å². The van der Waals surface area contributed by atoms with Gasteiger partial charge in [-0.1, -0.05) is 33.3 Å². The molecule has 0 radical (unpaired) electrons. The molecule has 2 atom stereocenters. The first kappa shape index (κ1) is 16.3. The highest BCUT2D eigenvalue weighted by Gasteiger charge is 2.21. The number of benzene rings is 1. The van der Waals surface area contributed by atoms with E-state index in [1.807, 2.05) is 6.07 Å². The summed E-state index contributed by atoms with van der Waals surface area (Å²) >= 11 is 0. The Hall–Kier alpha value is -1.09. The monoisotopic (exact) mass is 293 g/mol. The highest BCUT2D eigenvalue weighted by Crippen LogP contribution is 2.28. The largest absolute Gasteiger partial charge is 0.487 e. The molecule has 0 heterocycles. The molecule has 2 rings (SSSR count). The third-order valence-corrected chi connectivity index (χ3v) is 4.06. The fraction of sp³-hybridized carbons (Fsp3) is 0.667. The van der Waals surface area contributed by atoms with Crippen molar-refractivity contribution >= 4 is 0 Å². The van der Waals surface area contributed by atoms with Crippen LogP contribution in [0.3, 0.4) is 0 Å². The smallest absolute Gasteiger partial charge is 0.165 e. The van der Waals surface area contributed by atoms with Gasteiger partial charge >= 0.3 is 0 Å². The van der Waals surface area contributed by atoms with Gasteiger partial charge in [-0.25, -0.2) is 4.39 Å². The second-order valence-electron chi connectivity index (χ2n) is 6.80. The van der Waals surface area contributed by atoms with Crippen LogP contribution in [0.15, 0.2) is 18.2 Å². The normalized spacial score (nSPS) is 22.5. The fourth-order valence-corrected chi connectivity index (χ4v) is 2.92. The van der Waals surface area contributed by atoms with Gasteiger partial charge in [-0.2, -0.15) is 0 Å². The first-order valence-electron chi connectivity index (χ1n) is 8.20. The second kappa shape index (κ2) is 7.79. The zero-order valence-corrected chi connectivity index (χ0v) is 13.5. The van der Waals surface area contributed by atoms with Gasteiger partial charge in [0.25, 0.3) is 0 Å². The molecule has 118 valence electrons. The van der Waals surface area contributed by atoms with Crippen molar-refractivity contribution in [1.29, 1.82) is 0 Å². The quantitative estimate of drug-likeness (QED) is 0.832. The van der Waals surface area contributed by atoms with Crippen LogP contribution in [0.25, 0.3) is 0 Å². The standard InChI is InChI=1S/C18H28FNO/c1-13(2)11-20-12-15-7-8-18(17(19)10-15)21-16-6-4-5-14(3)9-16/h7-8,10,13-14,16,20H,4-6,9,11-12H2,1-3H3. The first-order chi connectivity index (χ1) is 10.0. The van der Waals surface area contributed by atoms with Crippen molar-refractivity contribution in [2.24, 2.45) is 11.8 Å². The third kappa shape index (κ3) is 5.31. The van der Waals surface area contributed by atoms with E-state index in [1.54, 1.807) is 12.1 Å². The minimum Gasteiger partial charge on any atom is -0.487 e. The van der Waals surface area contributed by atoms with Crippen LogP contribution in [0.5, 0.6) is 5.75 Å². The van der Waals surface area contributed by atoms with Crippen LogP contribution < -0.4 is 10.1 Å². The number of halogens is 1. The molecule has 0 amide bonds. The van der Waals surface area contributed by atoms with Crippen LogP contribution in [0, 0.1) is 17.7 Å². The molecule has 21 heavy (non-hydrogen) atoms. The Balaban J connectivity index is 1.89. The Bertz CT molecular complexity index is 447. The molecule has 3 heteroatoms. The minimum atomic E-state index is -0.239. The highest BCUT2D eigenvalue weighted by atomic mass is 19.1. The van der Waals surface area contributed by atoms with E-state index in [0.717, 1.165) is 24.9 Å². The molecule has 1 aromatic carbocycles. The van der Waals surface area contributed by atoms with Crippen molar-refractivity contribution in [1.82, 2.24) is 5.32 Å². The Morgan fingerprint density at radius 3 is 2.81 bits per heavy atom. The van der Waals surface area contributed by atoms with E-state index in [0.29, 0.717) is 24.1 Å². The average Bonchev–Trinajstić information content (AvgIpc) is 2.41. The van der Waals surface area contributed by atoms with Crippen molar-refractivity contribution in [3.63, 3.8) is 0 Å². The summed E-state index contributed by atoms with van der Waals surface area (Å²) < 4.78 is 20.0. The Labute approximate surface area is 128 Å². The van der Waals surface area contributed by atoms with Crippen molar-refractivity contribution in [2.75, 3.05) is 6.54 Å². The number of ether oxygens (including phenoxy) is 1. The maximum Gasteiger partial charge on any atom is 0.165 e. The van der Waals surface area contributed by atoms with Gasteiger partial charge < -0.3 is 10.1 Å². The summed E-state index contributed by atoms with van der Waals surface area (Å²) in [6, 6.07) is 5.33. The molecule has 0 spiro atoms. The fourth-order valence-electron chi connectivity index (χ4n) is 2.92. The topological polar surface area (TPSA) is 21.3 Å². The predicted molar refractivity (Wildman–Crippen MR) is 85.0 cm³/mol. The summed E-state index contributed by atoms with van der Waals surface area (Å²) in [6.45, 7) is 8.22. The molecule has 1 aliphatic rings. The Kier molecular flexibility index (Phi) is 6.04. The molecule has 0 bridgehead atoms. The highest BCUT2D eigenvalue weighted by molar-refractivity contribution is 5.29. The summed E-state index contributed by atoms with van der Waals surface area (Å²) in [5, 5.41) is 3.33. The van der Waals surface area contributed by atoms with Gasteiger partial charge in [-0.05, 0) is 55.3 Å². The Morgan fingerprint density at radius 2 is 2.14 bits per heavy atom. The zero-order valence-electron chi connectivity index (χ0n) is 13.5. The Morgan fingerprint density at radius 1 is 1.33 bits per heavy atom. The molecule has 0 aromatic heterocycles. The minimum absolute atomic E-state index is 0.174. The molecule has 0 aliphatic heterocycles. The van der Waals surface area contributed by atoms with E-state index in [1.165, 1.54) is 12.8 Å². The summed E-state index contributed by atoms with van der Waals surface area (Å²) in [5.74, 6) is 1.45. The lowest BCUT2D eigenvalue weighted by molar-refractivity contribution is 0.124. The van der Waals surface area contributed by atoms with Gasteiger partial charge in [0.1, 0.15) is 0 Å². The van der Waals surface area contributed by atoms with Crippen LogP contribution in [0.1, 0.15) is 52.0 Å². The SMILES string of the molecule is CC(C)CNCc1ccc(OC2CCCC(C)C2)c(F)c1. The second-order valence-corrected chi connectivity index (χ2v) is 6.80. The molecule has 0 saturated heterocycles. The number of hydrogen-bond acceptors (Lipinski definition) is 2. The van der Waals surface area contributed by atoms with Crippen LogP contribution in [0.4, 0.5) is 4.39 Å². The molecule has 1 N–H and O–H groups in total. The maximum atomic E-state index is 14.1. The summed E-state index contributed by atoms with van der Waals surface area (Å²) in [5.41, 5.74) is 0.970. The lowest BCUT2D eigenvalue weighted by Gasteiger charge is -2.27. The number of hydrogen-bond donors (Lipinski definition) is 1. The van der Waals surface area contributed by atoms with Crippen molar-refractivity contribution in [3.05, 3.63) is 29.6 Å². The van der Waals surface area contributed by atoms with Gasteiger partial charge in [0.05, 0.1) is 6.10 Å². The first-order valence-corrected chi connectivity index (χ1v) is 8.20. The van der Waals surface area contributed by atoms with Gasteiger partial charge in [-0.3, -0.25) is 0 Å². The lowest BCUT2D eigenvalue weighted by atomic mass is 9.89. The summed E-state index contributed by atoms with van der Waals surface area (Å²) in [7, 11) is 0. The van der Waals surface area contributed by atoms with E-state index in [2.05, 4.69) is 26.1 Å². The van der Waals surface area contributed by atoms with E-state index < -0.39 is 0 Å². The summed E-state index contributed by atoms with van der Waals surface area (Å²) in [6.07, 6.45) is 4.71. The van der Waals surface area contributed by atoms with Crippen molar-refractivity contribution in [3.8, 4) is 5.75 Å². The van der Waals surface area contributed by atoms with E-state index in [9.17, 15) is 4.39 Å². The van der Waals surface area contributed by atoms with Gasteiger partial charge in [0.2, 0.25) is 0 Å². The van der Waals surface area contributed by atoms with Crippen LogP contribution in [-0.2, 0) is 6.54 Å². The average molecular weight is 293 g/mol. The van der Waals surface area contributed by atoms with Gasteiger partial charge in [-0.15, -0.1) is 0 Å². The van der Waals surface area contributed by atoms with Crippen LogP contribution in [-0.4, -0.2) is 12.6 Å². The molecule has 2 unspecified atom stereocenters. The van der Waals surface area contributed by atoms with Gasteiger partial charge in [0.15, 0.2) is 11.6 Å². The van der Waals surface area contributed by atoms with E-state index in [-0.39, 0.29) is 11.9 Å². The van der Waals surface area contributed by atoms with Gasteiger partial charge in [0, 0.05) is 6.54 Å². The molecule has 1 aliphatic carbocycles. The molecule has 2 nitrogen and oxygen atoms in total. The number of rotatable bonds is 6. The van der Waals surface area contributed by atoms with E-state index in [4.69, 9.17) is 4.74 Å². The zero-order chi connectivity index (χ0) is 15.2. The summed E-state index contributed by atoms with van der Waals surface area (Å²) in [4.78, 5) is 0. The predicted octanol–water partition coefficient (Wildman–Crippen LogP) is 4.53. The van der Waals surface area contributed by atoms with E-state index >= 15 is 0 Å². The van der Waals surface area contributed by atoms with Crippen molar-refractivity contribution < 1.29 is 9.13 Å². The lowest BCUT2D eigenvalue weighted by Crippen LogP contribution is -2.24. The molecule has 1 fully saturated rings.